The van der Waals surface area contributed by atoms with Crippen LogP contribution in [0.15, 0.2) is 23.0 Å². The quantitative estimate of drug-likeness (QED) is 0.441. The number of nitrogens with zero attached hydrogens (tertiary/aromatic N) is 2. The van der Waals surface area contributed by atoms with E-state index in [2.05, 4.69) is 20.7 Å². The van der Waals surface area contributed by atoms with E-state index >= 15 is 0 Å². The molecular formula is C11H12ClN5OS. The van der Waals surface area contributed by atoms with Crippen molar-refractivity contribution in [1.82, 2.24) is 15.3 Å². The van der Waals surface area contributed by atoms with Crippen LogP contribution in [-0.4, -0.2) is 22.4 Å². The number of nitrogens with one attached hydrogen (secondary N) is 2. The van der Waals surface area contributed by atoms with Crippen LogP contribution in [0.3, 0.4) is 0 Å². The number of thiazole rings is 1. The lowest BCUT2D eigenvalue weighted by Gasteiger charge is -2.06. The molecule has 2 heterocycles. The number of carbonyl (C=O) groups excluding carboxylic acids is 1. The molecular weight excluding hydrogens is 286 g/mol. The molecule has 0 aromatic carbocycles. The van der Waals surface area contributed by atoms with Crippen molar-refractivity contribution in [2.24, 2.45) is 5.84 Å². The maximum absolute atomic E-state index is 11.9. The minimum absolute atomic E-state index is 0.208. The number of aromatic nitrogens is 2. The predicted molar refractivity (Wildman–Crippen MR) is 75.2 cm³/mol. The summed E-state index contributed by atoms with van der Waals surface area (Å²) in [6.07, 6.45) is 0.691. The van der Waals surface area contributed by atoms with Gasteiger partial charge in [-0.15, -0.1) is 11.3 Å². The van der Waals surface area contributed by atoms with Crippen molar-refractivity contribution in [3.05, 3.63) is 39.4 Å². The predicted octanol–water partition coefficient (Wildman–Crippen LogP) is 1.45. The van der Waals surface area contributed by atoms with E-state index in [-0.39, 0.29) is 11.1 Å². The maximum Gasteiger partial charge on any atom is 0.251 e. The minimum Gasteiger partial charge on any atom is -0.352 e. The normalized spacial score (nSPS) is 10.2. The summed E-state index contributed by atoms with van der Waals surface area (Å²) in [7, 11) is 0. The number of hydrogen-bond acceptors (Lipinski definition) is 6. The van der Waals surface area contributed by atoms with Gasteiger partial charge >= 0.3 is 0 Å². The molecule has 0 atom stereocenters. The molecule has 0 saturated carbocycles. The summed E-state index contributed by atoms with van der Waals surface area (Å²) in [5.74, 6) is 5.36. The van der Waals surface area contributed by atoms with E-state index in [1.807, 2.05) is 5.38 Å². The molecule has 8 heteroatoms. The van der Waals surface area contributed by atoms with Gasteiger partial charge in [0, 0.05) is 23.9 Å². The molecule has 2 rings (SSSR count). The molecule has 4 N–H and O–H groups in total. The van der Waals surface area contributed by atoms with Gasteiger partial charge in [0.25, 0.3) is 5.91 Å². The van der Waals surface area contributed by atoms with Crippen molar-refractivity contribution in [1.29, 1.82) is 0 Å². The number of amides is 1. The Labute approximate surface area is 119 Å². The Morgan fingerprint density at radius 3 is 3.00 bits per heavy atom. The molecule has 2 aromatic heterocycles. The molecule has 1 amide bonds. The van der Waals surface area contributed by atoms with E-state index in [1.165, 1.54) is 23.5 Å². The molecule has 0 fully saturated rings. The molecule has 0 radical (unpaired) electrons. The molecule has 0 aliphatic heterocycles. The highest BCUT2D eigenvalue weighted by Crippen LogP contribution is 2.13. The van der Waals surface area contributed by atoms with Crippen LogP contribution in [0, 0.1) is 0 Å². The van der Waals surface area contributed by atoms with E-state index < -0.39 is 0 Å². The lowest BCUT2D eigenvalue weighted by atomic mass is 10.2. The lowest BCUT2D eigenvalue weighted by Crippen LogP contribution is -2.26. The molecule has 2 aromatic rings. The lowest BCUT2D eigenvalue weighted by molar-refractivity contribution is 0.0954. The number of rotatable bonds is 5. The third-order valence-electron chi connectivity index (χ3n) is 2.35. The molecule has 0 aliphatic carbocycles. The van der Waals surface area contributed by atoms with Gasteiger partial charge in [0.2, 0.25) is 0 Å². The van der Waals surface area contributed by atoms with Gasteiger partial charge in [-0.1, -0.05) is 11.6 Å². The summed E-state index contributed by atoms with van der Waals surface area (Å²) in [5, 5.41) is 4.95. The van der Waals surface area contributed by atoms with Gasteiger partial charge in [-0.3, -0.25) is 4.79 Å². The molecule has 100 valence electrons. The number of anilines is 1. The molecule has 19 heavy (non-hydrogen) atoms. The van der Waals surface area contributed by atoms with Crippen LogP contribution in [0.25, 0.3) is 0 Å². The average molecular weight is 298 g/mol. The van der Waals surface area contributed by atoms with E-state index in [0.29, 0.717) is 24.3 Å². The summed E-state index contributed by atoms with van der Waals surface area (Å²) in [5.41, 5.74) is 5.49. The van der Waals surface area contributed by atoms with E-state index in [9.17, 15) is 4.79 Å². The maximum atomic E-state index is 11.9. The Balaban J connectivity index is 1.94. The van der Waals surface area contributed by atoms with Crippen LogP contribution >= 0.6 is 22.9 Å². The summed E-state index contributed by atoms with van der Waals surface area (Å²) in [6, 6.07) is 3.02. The number of halogens is 1. The van der Waals surface area contributed by atoms with E-state index in [4.69, 9.17) is 17.4 Å². The zero-order valence-electron chi connectivity index (χ0n) is 9.89. The summed E-state index contributed by atoms with van der Waals surface area (Å²) in [6.45, 7) is 0.508. The Kier molecular flexibility index (Phi) is 4.67. The first-order chi connectivity index (χ1) is 9.19. The SMILES string of the molecule is NNc1cc(C(=O)NCCc2cscn2)cc(Cl)n1. The number of hydrazine groups is 1. The van der Waals surface area contributed by atoms with Gasteiger partial charge in [0.05, 0.1) is 11.2 Å². The average Bonchev–Trinajstić information content (AvgIpc) is 2.91. The first-order valence-electron chi connectivity index (χ1n) is 5.48. The fourth-order valence-electron chi connectivity index (χ4n) is 1.47. The van der Waals surface area contributed by atoms with Gasteiger partial charge in [0.15, 0.2) is 0 Å². The van der Waals surface area contributed by atoms with Crippen molar-refractivity contribution < 1.29 is 4.79 Å². The van der Waals surface area contributed by atoms with Crippen molar-refractivity contribution >= 4 is 34.7 Å². The summed E-state index contributed by atoms with van der Waals surface area (Å²) >= 11 is 7.32. The number of hydrogen-bond donors (Lipinski definition) is 3. The second-order valence-corrected chi connectivity index (χ2v) is 4.80. The van der Waals surface area contributed by atoms with Crippen molar-refractivity contribution in [3.8, 4) is 0 Å². The number of pyridine rings is 1. The van der Waals surface area contributed by atoms with Crippen LogP contribution in [0.2, 0.25) is 5.15 Å². The van der Waals surface area contributed by atoms with Gasteiger partial charge in [-0.05, 0) is 12.1 Å². The molecule has 6 nitrogen and oxygen atoms in total. The third kappa shape index (κ3) is 3.88. The Hall–Kier alpha value is -1.70. The van der Waals surface area contributed by atoms with Gasteiger partial charge in [-0.2, -0.15) is 0 Å². The minimum atomic E-state index is -0.226. The monoisotopic (exact) mass is 297 g/mol. The highest BCUT2D eigenvalue weighted by Gasteiger charge is 2.08. The Morgan fingerprint density at radius 2 is 2.32 bits per heavy atom. The van der Waals surface area contributed by atoms with Gasteiger partial charge in [0.1, 0.15) is 11.0 Å². The third-order valence-corrected chi connectivity index (χ3v) is 3.18. The summed E-state index contributed by atoms with van der Waals surface area (Å²) < 4.78 is 0. The van der Waals surface area contributed by atoms with E-state index in [0.717, 1.165) is 5.69 Å². The van der Waals surface area contributed by atoms with Gasteiger partial charge in [-0.25, -0.2) is 15.8 Å². The van der Waals surface area contributed by atoms with Crippen molar-refractivity contribution in [3.63, 3.8) is 0 Å². The Bertz CT molecular complexity index is 560. The molecule has 0 spiro atoms. The second-order valence-electron chi connectivity index (χ2n) is 3.69. The number of nitrogen functional groups attached to an aromatic ring is 1. The standard InChI is InChI=1S/C11H12ClN5OS/c12-9-3-7(4-10(16-9)17-13)11(18)14-2-1-8-5-19-6-15-8/h3-6H,1-2,13H2,(H,14,18)(H,16,17). The van der Waals surface area contributed by atoms with E-state index in [1.54, 1.807) is 5.51 Å². The number of carbonyl (C=O) groups is 1. The molecule has 0 unspecified atom stereocenters. The first kappa shape index (κ1) is 13.7. The zero-order chi connectivity index (χ0) is 13.7. The molecule has 0 bridgehead atoms. The molecule has 0 saturated heterocycles. The van der Waals surface area contributed by atoms with Crippen molar-refractivity contribution in [2.45, 2.75) is 6.42 Å². The van der Waals surface area contributed by atoms with Crippen LogP contribution in [-0.2, 0) is 6.42 Å². The number of nitrogens with two attached hydrogens (primary N) is 1. The zero-order valence-corrected chi connectivity index (χ0v) is 11.5. The van der Waals surface area contributed by atoms with Crippen LogP contribution in [0.5, 0.6) is 0 Å². The Morgan fingerprint density at radius 1 is 1.47 bits per heavy atom. The highest BCUT2D eigenvalue weighted by molar-refractivity contribution is 7.07. The largest absolute Gasteiger partial charge is 0.352 e. The fourth-order valence-corrected chi connectivity index (χ4v) is 2.27. The fraction of sp³-hybridized carbons (Fsp3) is 0.182. The van der Waals surface area contributed by atoms with Crippen molar-refractivity contribution in [2.75, 3.05) is 12.0 Å². The topological polar surface area (TPSA) is 92.9 Å². The smallest absolute Gasteiger partial charge is 0.251 e. The van der Waals surface area contributed by atoms with Crippen LogP contribution < -0.4 is 16.6 Å². The molecule has 0 aliphatic rings. The summed E-state index contributed by atoms with van der Waals surface area (Å²) in [4.78, 5) is 19.9. The second kappa shape index (κ2) is 6.46. The first-order valence-corrected chi connectivity index (χ1v) is 6.80. The van der Waals surface area contributed by atoms with Crippen LogP contribution in [0.1, 0.15) is 16.1 Å². The van der Waals surface area contributed by atoms with Gasteiger partial charge < -0.3 is 10.7 Å². The highest BCUT2D eigenvalue weighted by atomic mass is 35.5. The van der Waals surface area contributed by atoms with Crippen LogP contribution in [0.4, 0.5) is 5.82 Å².